The van der Waals surface area contributed by atoms with Gasteiger partial charge < -0.3 is 49.1 Å². The van der Waals surface area contributed by atoms with Crippen LogP contribution in [0, 0.1) is 11.8 Å². The van der Waals surface area contributed by atoms with Gasteiger partial charge in [-0.25, -0.2) is 0 Å². The van der Waals surface area contributed by atoms with E-state index in [9.17, 15) is 30.0 Å². The highest BCUT2D eigenvalue weighted by atomic mass is 16.7. The van der Waals surface area contributed by atoms with E-state index in [2.05, 4.69) is 5.32 Å². The fourth-order valence-electron chi connectivity index (χ4n) is 6.86. The van der Waals surface area contributed by atoms with Gasteiger partial charge in [-0.1, -0.05) is 0 Å². The molecule has 3 heterocycles. The van der Waals surface area contributed by atoms with E-state index in [-0.39, 0.29) is 54.2 Å². The number of aliphatic hydroxyl groups is 4. The number of aliphatic hydroxyl groups excluding tert-OH is 4. The number of fused-ring (bicyclic) bond motifs is 2. The van der Waals surface area contributed by atoms with E-state index >= 15 is 0 Å². The second-order valence-corrected chi connectivity index (χ2v) is 10.7. The van der Waals surface area contributed by atoms with Crippen molar-refractivity contribution in [2.45, 2.75) is 68.7 Å². The normalized spacial score (nSPS) is 35.2. The zero-order valence-electron chi connectivity index (χ0n) is 21.7. The van der Waals surface area contributed by atoms with Gasteiger partial charge in [0, 0.05) is 34.9 Å². The molecule has 0 unspecified atom stereocenters. The van der Waals surface area contributed by atoms with Crippen LogP contribution in [0.3, 0.4) is 0 Å². The number of methoxy groups -OCH3 is 1. The van der Waals surface area contributed by atoms with Crippen molar-refractivity contribution in [3.8, 4) is 11.5 Å². The zero-order chi connectivity index (χ0) is 27.6. The maximum absolute atomic E-state index is 13.0. The van der Waals surface area contributed by atoms with Crippen LogP contribution >= 0.6 is 0 Å². The number of benzene rings is 1. The molecule has 12 heteroatoms. The van der Waals surface area contributed by atoms with Gasteiger partial charge in [-0.3, -0.25) is 9.59 Å². The Labute approximate surface area is 223 Å². The molecule has 1 aromatic heterocycles. The minimum atomic E-state index is -1.65. The molecule has 12 nitrogen and oxygen atoms in total. The summed E-state index contributed by atoms with van der Waals surface area (Å²) >= 11 is 0. The molecule has 0 radical (unpaired) electrons. The quantitative estimate of drug-likeness (QED) is 0.309. The summed E-state index contributed by atoms with van der Waals surface area (Å²) in [7, 11) is 1.44. The monoisotopic (exact) mass is 547 g/mol. The van der Waals surface area contributed by atoms with E-state index in [1.807, 2.05) is 0 Å². The third-order valence-corrected chi connectivity index (χ3v) is 8.69. The SMILES string of the molecule is CCOC(=O)[C@H]1Cc2c(O[C@H]3O[C@H](CO)[C@@H](O)[C@H](O)[C@H]3O)c(OC)c3occ4c3c2[C@@H](C1)C[C@H]1C(=O)NC[C@@H]41. The number of carbonyl (C=O) groups excluding carboxylic acids is 2. The van der Waals surface area contributed by atoms with Crippen molar-refractivity contribution in [1.29, 1.82) is 0 Å². The summed E-state index contributed by atoms with van der Waals surface area (Å²) in [5, 5.41) is 44.7. The first-order chi connectivity index (χ1) is 18.8. The van der Waals surface area contributed by atoms with E-state index in [1.165, 1.54) is 7.11 Å². The van der Waals surface area contributed by atoms with Crippen molar-refractivity contribution in [3.63, 3.8) is 0 Å². The Hall–Kier alpha value is -2.90. The molecule has 1 aromatic carbocycles. The minimum Gasteiger partial charge on any atom is -0.490 e. The van der Waals surface area contributed by atoms with Gasteiger partial charge >= 0.3 is 5.97 Å². The van der Waals surface area contributed by atoms with Crippen LogP contribution in [0.25, 0.3) is 11.0 Å². The number of carbonyl (C=O) groups is 2. The number of hydrogen-bond donors (Lipinski definition) is 5. The smallest absolute Gasteiger partial charge is 0.309 e. The summed E-state index contributed by atoms with van der Waals surface area (Å²) in [4.78, 5) is 25.8. The molecule has 2 aliphatic carbocycles. The number of nitrogens with one attached hydrogen (secondary N) is 1. The molecule has 2 aliphatic heterocycles. The summed E-state index contributed by atoms with van der Waals surface area (Å²) in [6.07, 6.45) is -4.59. The molecule has 2 fully saturated rings. The maximum Gasteiger partial charge on any atom is 0.309 e. The maximum atomic E-state index is 13.0. The Kier molecular flexibility index (Phi) is 6.71. The lowest BCUT2D eigenvalue weighted by Crippen LogP contribution is -2.60. The van der Waals surface area contributed by atoms with Crippen LogP contribution in [0.5, 0.6) is 11.5 Å². The summed E-state index contributed by atoms with van der Waals surface area (Å²) < 4.78 is 29.0. The second kappa shape index (κ2) is 9.93. The largest absolute Gasteiger partial charge is 0.490 e. The standard InChI is InChI=1S/C27H33NO11/c1-3-36-26(34)11-4-10-5-12-14(7-28-25(12)33)15-9-37-23-18(15)17(10)13(6-11)22(24(23)35-2)39-27-21(32)20(31)19(30)16(8-29)38-27/h9-12,14,16,19-21,27,29-32H,3-8H2,1-2H3,(H,28,33)/t10-,11+,12+,14+,16+,19+,20-,21+,27+/m0/s1. The summed E-state index contributed by atoms with van der Waals surface area (Å²) in [6.45, 7) is 1.83. The Morgan fingerprint density at radius 3 is 2.64 bits per heavy atom. The van der Waals surface area contributed by atoms with Crippen LogP contribution in [0.1, 0.15) is 48.3 Å². The molecule has 0 spiro atoms. The average Bonchev–Trinajstić information content (AvgIpc) is 3.48. The first-order valence-corrected chi connectivity index (χ1v) is 13.3. The van der Waals surface area contributed by atoms with Gasteiger partial charge in [-0.15, -0.1) is 0 Å². The van der Waals surface area contributed by atoms with Crippen molar-refractivity contribution in [1.82, 2.24) is 5.32 Å². The van der Waals surface area contributed by atoms with Gasteiger partial charge in [0.1, 0.15) is 24.4 Å². The lowest BCUT2D eigenvalue weighted by molar-refractivity contribution is -0.277. The van der Waals surface area contributed by atoms with Gasteiger partial charge in [0.05, 0.1) is 32.5 Å². The highest BCUT2D eigenvalue weighted by Crippen LogP contribution is 2.57. The van der Waals surface area contributed by atoms with Crippen LogP contribution in [0.4, 0.5) is 0 Å². The molecule has 39 heavy (non-hydrogen) atoms. The lowest BCUT2D eigenvalue weighted by atomic mass is 9.72. The van der Waals surface area contributed by atoms with Gasteiger partial charge in [0.25, 0.3) is 0 Å². The lowest BCUT2D eigenvalue weighted by Gasteiger charge is -2.40. The fourth-order valence-corrected chi connectivity index (χ4v) is 6.86. The van der Waals surface area contributed by atoms with Crippen LogP contribution < -0.4 is 14.8 Å². The Balaban J connectivity index is 1.53. The number of furan rings is 1. The Bertz CT molecular complexity index is 1290. The van der Waals surface area contributed by atoms with E-state index in [0.29, 0.717) is 30.5 Å². The summed E-state index contributed by atoms with van der Waals surface area (Å²) in [6, 6.07) is 0. The second-order valence-electron chi connectivity index (χ2n) is 10.7. The van der Waals surface area contributed by atoms with E-state index in [0.717, 1.165) is 16.5 Å². The van der Waals surface area contributed by atoms with Gasteiger partial charge in [0.2, 0.25) is 17.9 Å². The van der Waals surface area contributed by atoms with Gasteiger partial charge in [-0.2, -0.15) is 0 Å². The van der Waals surface area contributed by atoms with Crippen LogP contribution in [-0.2, 0) is 25.5 Å². The molecule has 6 rings (SSSR count). The zero-order valence-corrected chi connectivity index (χ0v) is 21.7. The Morgan fingerprint density at radius 2 is 1.92 bits per heavy atom. The van der Waals surface area contributed by atoms with Gasteiger partial charge in [0.15, 0.2) is 11.3 Å². The summed E-state index contributed by atoms with van der Waals surface area (Å²) in [5.41, 5.74) is 2.84. The third kappa shape index (κ3) is 4.00. The van der Waals surface area contributed by atoms with Crippen LogP contribution in [0.2, 0.25) is 0 Å². The van der Waals surface area contributed by atoms with Crippen molar-refractivity contribution in [3.05, 3.63) is 23.0 Å². The average molecular weight is 548 g/mol. The number of esters is 1. The molecular formula is C27H33NO11. The molecule has 212 valence electrons. The molecule has 0 bridgehead atoms. The highest BCUT2D eigenvalue weighted by molar-refractivity contribution is 5.97. The van der Waals surface area contributed by atoms with E-state index in [1.54, 1.807) is 13.2 Å². The van der Waals surface area contributed by atoms with Crippen molar-refractivity contribution < 1.29 is 53.4 Å². The fraction of sp³-hybridized carbons (Fsp3) is 0.630. The molecule has 5 N–H and O–H groups in total. The van der Waals surface area contributed by atoms with Crippen molar-refractivity contribution in [2.24, 2.45) is 11.8 Å². The van der Waals surface area contributed by atoms with Crippen LogP contribution in [-0.4, -0.2) is 89.9 Å². The molecule has 2 aromatic rings. The van der Waals surface area contributed by atoms with E-state index < -0.39 is 43.2 Å². The van der Waals surface area contributed by atoms with Gasteiger partial charge in [-0.05, 0) is 37.7 Å². The molecule has 4 aliphatic rings. The molecule has 9 atom stereocenters. The topological polar surface area (TPSA) is 177 Å². The molecule has 0 saturated carbocycles. The highest BCUT2D eigenvalue weighted by Gasteiger charge is 2.49. The number of rotatable bonds is 6. The number of amides is 1. The molecule has 2 saturated heterocycles. The van der Waals surface area contributed by atoms with Crippen molar-refractivity contribution in [2.75, 3.05) is 26.9 Å². The predicted octanol–water partition coefficient (Wildman–Crippen LogP) is 0.0625. The molecule has 1 amide bonds. The van der Waals surface area contributed by atoms with Crippen LogP contribution in [0.15, 0.2) is 10.7 Å². The summed E-state index contributed by atoms with van der Waals surface area (Å²) in [5.74, 6) is -1.11. The minimum absolute atomic E-state index is 0.0354. The Morgan fingerprint density at radius 1 is 1.13 bits per heavy atom. The first kappa shape index (κ1) is 26.3. The number of ether oxygens (including phenoxy) is 4. The first-order valence-electron chi connectivity index (χ1n) is 13.3. The number of hydrogen-bond acceptors (Lipinski definition) is 11. The van der Waals surface area contributed by atoms with E-state index in [4.69, 9.17) is 23.4 Å². The predicted molar refractivity (Wildman–Crippen MR) is 132 cm³/mol. The molecular weight excluding hydrogens is 514 g/mol. The third-order valence-electron chi connectivity index (χ3n) is 8.69. The van der Waals surface area contributed by atoms with Crippen molar-refractivity contribution >= 4 is 22.8 Å².